The Kier molecular flexibility index (Phi) is 4.91. The standard InChI is InChI=1S/C18H24ClN8O2/c1-18(2,3)29-17(28)25-7-4-14(5-8-25)26-12-13(10-21-26)22-16-23-15-11-20-6-9-27(15,19)24-16/h6,9-12,14H,4-5,7-8H2,1-3H3,(H,22,24)/q+1. The molecule has 154 valence electrons. The van der Waals surface area contributed by atoms with Crippen LogP contribution >= 0.6 is 11.8 Å². The highest BCUT2D eigenvalue weighted by Crippen LogP contribution is 2.26. The van der Waals surface area contributed by atoms with Crippen molar-refractivity contribution in [3.8, 4) is 0 Å². The molecule has 1 aromatic heterocycles. The van der Waals surface area contributed by atoms with E-state index in [1.807, 2.05) is 31.6 Å². The number of anilines is 1. The molecular formula is C18H24ClN8O2+. The molecule has 3 aliphatic rings. The first-order chi connectivity index (χ1) is 13.7. The fourth-order valence-corrected chi connectivity index (χ4v) is 3.47. The van der Waals surface area contributed by atoms with Crippen LogP contribution in [0.25, 0.3) is 0 Å². The molecule has 0 aliphatic carbocycles. The van der Waals surface area contributed by atoms with Gasteiger partial charge in [0.1, 0.15) is 11.8 Å². The van der Waals surface area contributed by atoms with Crippen molar-refractivity contribution in [2.24, 2.45) is 15.1 Å². The van der Waals surface area contributed by atoms with E-state index in [9.17, 15) is 4.79 Å². The lowest BCUT2D eigenvalue weighted by molar-refractivity contribution is -0.659. The van der Waals surface area contributed by atoms with Crippen LogP contribution in [0.4, 0.5) is 10.5 Å². The Balaban J connectivity index is 1.34. The summed E-state index contributed by atoms with van der Waals surface area (Å²) in [6.07, 6.45) is 9.80. The summed E-state index contributed by atoms with van der Waals surface area (Å²) in [4.78, 5) is 22.3. The van der Waals surface area contributed by atoms with Crippen molar-refractivity contribution in [1.29, 1.82) is 0 Å². The number of rotatable bonds is 2. The molecule has 1 unspecified atom stereocenters. The Hall–Kier alpha value is -2.72. The first-order valence-electron chi connectivity index (χ1n) is 9.50. The second kappa shape index (κ2) is 7.27. The molecule has 0 aromatic carbocycles. The van der Waals surface area contributed by atoms with Gasteiger partial charge in [-0.3, -0.25) is 9.67 Å². The van der Waals surface area contributed by atoms with Crippen LogP contribution in [-0.4, -0.2) is 61.6 Å². The third-order valence-electron chi connectivity index (χ3n) is 4.67. The molecule has 11 heteroatoms. The minimum absolute atomic E-state index is 0.217. The van der Waals surface area contributed by atoms with E-state index in [4.69, 9.17) is 16.5 Å². The minimum atomic E-state index is -0.484. The van der Waals surface area contributed by atoms with E-state index >= 15 is 0 Å². The lowest BCUT2D eigenvalue weighted by Gasteiger charge is -2.33. The molecular weight excluding hydrogens is 396 g/mol. The molecule has 0 radical (unpaired) electrons. The molecule has 4 heterocycles. The lowest BCUT2D eigenvalue weighted by atomic mass is 10.1. The molecule has 1 amide bonds. The predicted octanol–water partition coefficient (Wildman–Crippen LogP) is 3.08. The summed E-state index contributed by atoms with van der Waals surface area (Å²) >= 11 is 6.38. The van der Waals surface area contributed by atoms with Crippen molar-refractivity contribution < 1.29 is 13.6 Å². The number of amidine groups is 1. The van der Waals surface area contributed by atoms with Gasteiger partial charge in [0.05, 0.1) is 24.1 Å². The van der Waals surface area contributed by atoms with Crippen LogP contribution in [0.15, 0.2) is 39.9 Å². The summed E-state index contributed by atoms with van der Waals surface area (Å²) in [5.74, 6) is 0.922. The highest BCUT2D eigenvalue weighted by atomic mass is 35.5. The smallest absolute Gasteiger partial charge is 0.410 e. The maximum atomic E-state index is 12.2. The van der Waals surface area contributed by atoms with Gasteiger partial charge in [-0.15, -0.1) is 4.99 Å². The molecule has 29 heavy (non-hydrogen) atoms. The molecule has 10 nitrogen and oxygen atoms in total. The van der Waals surface area contributed by atoms with Crippen LogP contribution in [0.2, 0.25) is 0 Å². The summed E-state index contributed by atoms with van der Waals surface area (Å²) < 4.78 is 7.09. The number of fused-ring (bicyclic) bond motifs is 1. The second-order valence-corrected chi connectivity index (χ2v) is 8.62. The van der Waals surface area contributed by atoms with Gasteiger partial charge in [0.15, 0.2) is 6.20 Å². The van der Waals surface area contributed by atoms with Crippen molar-refractivity contribution in [3.63, 3.8) is 0 Å². The predicted molar refractivity (Wildman–Crippen MR) is 111 cm³/mol. The van der Waals surface area contributed by atoms with Crippen LogP contribution in [0.3, 0.4) is 0 Å². The van der Waals surface area contributed by atoms with Gasteiger partial charge >= 0.3 is 6.09 Å². The SMILES string of the molecule is CC(C)(C)OC(=O)N1CCC(n2cc(NC3=N[N+]4(Cl)C=CN=CC4=N3)cn2)CC1. The Labute approximate surface area is 173 Å². The van der Waals surface area contributed by atoms with Gasteiger partial charge in [0.2, 0.25) is 11.8 Å². The average Bonchev–Trinajstić information content (AvgIpc) is 3.24. The van der Waals surface area contributed by atoms with E-state index in [1.54, 1.807) is 29.7 Å². The number of aliphatic imine (C=N–C) groups is 2. The number of halogens is 1. The summed E-state index contributed by atoms with van der Waals surface area (Å²) in [5, 5.41) is 11.9. The fraction of sp³-hybridized carbons (Fsp3) is 0.500. The molecule has 0 spiro atoms. The summed E-state index contributed by atoms with van der Waals surface area (Å²) in [5.41, 5.74) is 0.286. The van der Waals surface area contributed by atoms with E-state index in [-0.39, 0.29) is 16.2 Å². The van der Waals surface area contributed by atoms with Gasteiger partial charge in [-0.2, -0.15) is 5.10 Å². The maximum Gasteiger partial charge on any atom is 0.410 e. The maximum absolute atomic E-state index is 12.2. The highest BCUT2D eigenvalue weighted by Gasteiger charge is 2.39. The highest BCUT2D eigenvalue weighted by molar-refractivity contribution is 6.36. The van der Waals surface area contributed by atoms with E-state index in [0.717, 1.165) is 18.5 Å². The number of carbonyl (C=O) groups is 1. The van der Waals surface area contributed by atoms with Crippen molar-refractivity contribution in [2.75, 3.05) is 18.4 Å². The number of hydrogen-bond acceptors (Lipinski definition) is 7. The van der Waals surface area contributed by atoms with Crippen molar-refractivity contribution >= 4 is 41.6 Å². The number of ether oxygens (including phenoxy) is 1. The van der Waals surface area contributed by atoms with Crippen LogP contribution in [0.1, 0.15) is 39.7 Å². The molecule has 3 aliphatic heterocycles. The van der Waals surface area contributed by atoms with Gasteiger partial charge < -0.3 is 15.0 Å². The van der Waals surface area contributed by atoms with Gasteiger partial charge in [-0.1, -0.05) is 0 Å². The zero-order valence-corrected chi connectivity index (χ0v) is 17.4. The number of likely N-dealkylation sites (tertiary alicyclic amines) is 1. The number of amides is 1. The van der Waals surface area contributed by atoms with Gasteiger partial charge in [0.25, 0.3) is 11.8 Å². The third kappa shape index (κ3) is 4.33. The molecule has 1 saturated heterocycles. The average molecular weight is 420 g/mol. The molecule has 4 rings (SSSR count). The summed E-state index contributed by atoms with van der Waals surface area (Å²) in [6.45, 7) is 6.90. The Bertz CT molecular complexity index is 921. The summed E-state index contributed by atoms with van der Waals surface area (Å²) in [7, 11) is 0. The Morgan fingerprint density at radius 3 is 2.79 bits per heavy atom. The second-order valence-electron chi connectivity index (χ2n) is 8.10. The van der Waals surface area contributed by atoms with Gasteiger partial charge in [-0.05, 0) is 42.8 Å². The monoisotopic (exact) mass is 419 g/mol. The van der Waals surface area contributed by atoms with Crippen molar-refractivity contribution in [2.45, 2.75) is 45.3 Å². The molecule has 0 bridgehead atoms. The Morgan fingerprint density at radius 2 is 2.10 bits per heavy atom. The number of hydrogen-bond donors (Lipinski definition) is 1. The van der Waals surface area contributed by atoms with Crippen molar-refractivity contribution in [3.05, 3.63) is 24.8 Å². The minimum Gasteiger partial charge on any atom is -0.444 e. The number of aromatic nitrogens is 2. The van der Waals surface area contributed by atoms with Crippen LogP contribution in [0.5, 0.6) is 0 Å². The number of carbonyl (C=O) groups excluding carboxylic acids is 1. The van der Waals surface area contributed by atoms with Gasteiger partial charge in [0, 0.05) is 19.3 Å². The lowest BCUT2D eigenvalue weighted by Crippen LogP contribution is -2.42. The van der Waals surface area contributed by atoms with E-state index in [0.29, 0.717) is 24.9 Å². The number of quaternary nitrogens is 1. The molecule has 0 saturated carbocycles. The number of guanidine groups is 1. The number of piperidine rings is 1. The van der Waals surface area contributed by atoms with E-state index < -0.39 is 5.60 Å². The normalized spacial score (nSPS) is 24.2. The molecule has 1 aromatic rings. The molecule has 1 N–H and O–H groups in total. The third-order valence-corrected chi connectivity index (χ3v) is 5.03. The van der Waals surface area contributed by atoms with Crippen molar-refractivity contribution in [1.82, 2.24) is 14.7 Å². The van der Waals surface area contributed by atoms with Crippen LogP contribution < -0.4 is 5.32 Å². The zero-order chi connectivity index (χ0) is 20.6. The van der Waals surface area contributed by atoms with E-state index in [1.165, 1.54) is 0 Å². The first kappa shape index (κ1) is 19.6. The number of nitrogens with one attached hydrogen (secondary N) is 1. The fourth-order valence-electron chi connectivity index (χ4n) is 3.27. The largest absolute Gasteiger partial charge is 0.444 e. The topological polar surface area (TPSA) is 96.5 Å². The van der Waals surface area contributed by atoms with Gasteiger partial charge in [-0.25, -0.2) is 4.79 Å². The van der Waals surface area contributed by atoms with Crippen LogP contribution in [0, 0.1) is 0 Å². The molecule has 1 fully saturated rings. The first-order valence-corrected chi connectivity index (χ1v) is 9.84. The molecule has 1 atom stereocenters. The Morgan fingerprint density at radius 1 is 1.34 bits per heavy atom. The summed E-state index contributed by atoms with van der Waals surface area (Å²) in [6, 6.07) is 0.217. The van der Waals surface area contributed by atoms with E-state index in [2.05, 4.69) is 25.5 Å². The van der Waals surface area contributed by atoms with Crippen LogP contribution in [-0.2, 0) is 4.74 Å². The quantitative estimate of drug-likeness (QED) is 0.745. The number of nitrogens with zero attached hydrogens (tertiary/aromatic N) is 7. The zero-order valence-electron chi connectivity index (χ0n) is 16.6.